The molecule has 0 radical (unpaired) electrons. The highest BCUT2D eigenvalue weighted by atomic mass is 35.5. The van der Waals surface area contributed by atoms with Crippen LogP contribution in [0.2, 0.25) is 5.02 Å². The lowest BCUT2D eigenvalue weighted by molar-refractivity contribution is -0.128. The molecular weight excluding hydrogens is 380 g/mol. The number of amides is 1. The summed E-state index contributed by atoms with van der Waals surface area (Å²) in [5.41, 5.74) is 3.46. The summed E-state index contributed by atoms with van der Waals surface area (Å²) in [5, 5.41) is 4.24. The van der Waals surface area contributed by atoms with Gasteiger partial charge in [-0.15, -0.1) is 0 Å². The normalized spacial score (nSPS) is 11.0. The van der Waals surface area contributed by atoms with Crippen LogP contribution in [-0.2, 0) is 4.79 Å². The summed E-state index contributed by atoms with van der Waals surface area (Å²) in [6.45, 7) is 0. The number of nitrogens with zero attached hydrogens (tertiary/aromatic N) is 1. The van der Waals surface area contributed by atoms with Crippen LogP contribution < -0.4 is 10.2 Å². The SMILES string of the molecule is O=C(C=Cc1ccco1)Oc1ccc(C=NNC(=O)c2ccccc2Cl)cc1. The molecule has 0 aliphatic heterocycles. The van der Waals surface area contributed by atoms with Gasteiger partial charge in [0.15, 0.2) is 0 Å². The molecule has 0 fully saturated rings. The third-order valence-electron chi connectivity index (χ3n) is 3.52. The average molecular weight is 395 g/mol. The fourth-order valence-corrected chi connectivity index (χ4v) is 2.40. The first kappa shape index (κ1) is 19.1. The fraction of sp³-hybridized carbons (Fsp3) is 0. The Kier molecular flexibility index (Phi) is 6.38. The number of carbonyl (C=O) groups excluding carboxylic acids is 2. The average Bonchev–Trinajstić information content (AvgIpc) is 3.22. The van der Waals surface area contributed by atoms with Crippen molar-refractivity contribution in [2.24, 2.45) is 5.10 Å². The first-order valence-electron chi connectivity index (χ1n) is 8.23. The number of hydrogen-bond acceptors (Lipinski definition) is 5. The maximum absolute atomic E-state index is 12.0. The minimum Gasteiger partial charge on any atom is -0.465 e. The Morgan fingerprint density at radius 2 is 1.82 bits per heavy atom. The van der Waals surface area contributed by atoms with E-state index in [1.807, 2.05) is 0 Å². The maximum Gasteiger partial charge on any atom is 0.336 e. The molecule has 0 aliphatic carbocycles. The largest absolute Gasteiger partial charge is 0.465 e. The summed E-state index contributed by atoms with van der Waals surface area (Å²) in [4.78, 5) is 23.8. The summed E-state index contributed by atoms with van der Waals surface area (Å²) < 4.78 is 10.3. The number of esters is 1. The summed E-state index contributed by atoms with van der Waals surface area (Å²) in [5.74, 6) is 0.00857. The molecule has 1 N–H and O–H groups in total. The lowest BCUT2D eigenvalue weighted by Crippen LogP contribution is -2.17. The van der Waals surface area contributed by atoms with E-state index >= 15 is 0 Å². The van der Waals surface area contributed by atoms with Crippen molar-refractivity contribution in [3.8, 4) is 5.75 Å². The van der Waals surface area contributed by atoms with E-state index in [1.54, 1.807) is 60.7 Å². The van der Waals surface area contributed by atoms with Gasteiger partial charge in [0.25, 0.3) is 5.91 Å². The van der Waals surface area contributed by atoms with E-state index in [-0.39, 0.29) is 0 Å². The van der Waals surface area contributed by atoms with Gasteiger partial charge >= 0.3 is 5.97 Å². The van der Waals surface area contributed by atoms with Crippen LogP contribution in [0.1, 0.15) is 21.7 Å². The molecule has 6 nitrogen and oxygen atoms in total. The van der Waals surface area contributed by atoms with Crippen molar-refractivity contribution in [3.05, 3.63) is 94.9 Å². The van der Waals surface area contributed by atoms with Crippen molar-refractivity contribution < 1.29 is 18.7 Å². The Morgan fingerprint density at radius 1 is 1.04 bits per heavy atom. The molecule has 7 heteroatoms. The van der Waals surface area contributed by atoms with Crippen LogP contribution in [0.4, 0.5) is 0 Å². The van der Waals surface area contributed by atoms with Crippen LogP contribution in [0, 0.1) is 0 Å². The minimum absolute atomic E-state index is 0.339. The molecule has 140 valence electrons. The highest BCUT2D eigenvalue weighted by molar-refractivity contribution is 6.33. The van der Waals surface area contributed by atoms with Crippen LogP contribution >= 0.6 is 11.6 Å². The van der Waals surface area contributed by atoms with Gasteiger partial charge in [0, 0.05) is 6.08 Å². The summed E-state index contributed by atoms with van der Waals surface area (Å²) in [6, 6.07) is 16.8. The zero-order valence-electron chi connectivity index (χ0n) is 14.5. The molecule has 3 aromatic rings. The van der Waals surface area contributed by atoms with Gasteiger partial charge in [0.1, 0.15) is 11.5 Å². The molecule has 0 bridgehead atoms. The second-order valence-corrected chi connectivity index (χ2v) is 5.93. The first-order chi connectivity index (χ1) is 13.6. The highest BCUT2D eigenvalue weighted by Gasteiger charge is 2.07. The minimum atomic E-state index is -0.523. The Balaban J connectivity index is 1.52. The second-order valence-electron chi connectivity index (χ2n) is 5.52. The zero-order valence-corrected chi connectivity index (χ0v) is 15.3. The molecule has 1 aromatic heterocycles. The maximum atomic E-state index is 12.0. The second kappa shape index (κ2) is 9.34. The lowest BCUT2D eigenvalue weighted by atomic mass is 10.2. The zero-order chi connectivity index (χ0) is 19.8. The molecule has 1 heterocycles. The summed E-state index contributed by atoms with van der Waals surface area (Å²) in [6.07, 6.45) is 5.78. The molecule has 0 saturated carbocycles. The molecule has 0 aliphatic rings. The Bertz CT molecular complexity index is 1010. The van der Waals surface area contributed by atoms with Gasteiger partial charge in [0.2, 0.25) is 0 Å². The van der Waals surface area contributed by atoms with Crippen molar-refractivity contribution in [2.45, 2.75) is 0 Å². The van der Waals surface area contributed by atoms with E-state index in [2.05, 4.69) is 10.5 Å². The first-order valence-corrected chi connectivity index (χ1v) is 8.61. The van der Waals surface area contributed by atoms with Crippen molar-refractivity contribution in [3.63, 3.8) is 0 Å². The van der Waals surface area contributed by atoms with Crippen molar-refractivity contribution >= 4 is 35.8 Å². The predicted octanol–water partition coefficient (Wildman–Crippen LogP) is 4.32. The van der Waals surface area contributed by atoms with E-state index in [4.69, 9.17) is 20.8 Å². The molecule has 3 rings (SSSR count). The van der Waals surface area contributed by atoms with Crippen LogP contribution in [-0.4, -0.2) is 18.1 Å². The molecule has 0 unspecified atom stereocenters. The monoisotopic (exact) mass is 394 g/mol. The quantitative estimate of drug-likeness (QED) is 0.222. The predicted molar refractivity (Wildman–Crippen MR) is 106 cm³/mol. The number of hydrazone groups is 1. The number of rotatable bonds is 6. The summed E-state index contributed by atoms with van der Waals surface area (Å²) in [7, 11) is 0. The third-order valence-corrected chi connectivity index (χ3v) is 3.85. The Morgan fingerprint density at radius 3 is 2.54 bits per heavy atom. The Hall–Kier alpha value is -3.64. The third kappa shape index (κ3) is 5.43. The van der Waals surface area contributed by atoms with Crippen LogP contribution in [0.3, 0.4) is 0 Å². The van der Waals surface area contributed by atoms with E-state index in [9.17, 15) is 9.59 Å². The van der Waals surface area contributed by atoms with E-state index < -0.39 is 11.9 Å². The van der Waals surface area contributed by atoms with Gasteiger partial charge in [-0.2, -0.15) is 5.10 Å². The number of hydrogen-bond donors (Lipinski definition) is 1. The smallest absolute Gasteiger partial charge is 0.336 e. The molecule has 2 aromatic carbocycles. The van der Waals surface area contributed by atoms with Crippen molar-refractivity contribution in [1.29, 1.82) is 0 Å². The molecule has 1 amide bonds. The molecular formula is C21H15ClN2O4. The molecule has 28 heavy (non-hydrogen) atoms. The van der Waals surface area contributed by atoms with E-state index in [0.717, 1.165) is 0 Å². The van der Waals surface area contributed by atoms with Gasteiger partial charge in [-0.1, -0.05) is 23.7 Å². The van der Waals surface area contributed by atoms with Crippen molar-refractivity contribution in [2.75, 3.05) is 0 Å². The van der Waals surface area contributed by atoms with Gasteiger partial charge in [0.05, 0.1) is 23.1 Å². The molecule has 0 saturated heterocycles. The van der Waals surface area contributed by atoms with Crippen molar-refractivity contribution in [1.82, 2.24) is 5.43 Å². The highest BCUT2D eigenvalue weighted by Crippen LogP contribution is 2.15. The number of carbonyl (C=O) groups is 2. The fourth-order valence-electron chi connectivity index (χ4n) is 2.18. The summed E-state index contributed by atoms with van der Waals surface area (Å²) >= 11 is 5.96. The number of nitrogens with one attached hydrogen (secondary N) is 1. The molecule has 0 atom stereocenters. The lowest BCUT2D eigenvalue weighted by Gasteiger charge is -2.02. The number of furan rings is 1. The van der Waals surface area contributed by atoms with Gasteiger partial charge < -0.3 is 9.15 Å². The van der Waals surface area contributed by atoms with Crippen LogP contribution in [0.25, 0.3) is 6.08 Å². The van der Waals surface area contributed by atoms with E-state index in [1.165, 1.54) is 24.6 Å². The molecule has 0 spiro atoms. The Labute approximate surface area is 166 Å². The number of benzene rings is 2. The van der Waals surface area contributed by atoms with Gasteiger partial charge in [-0.3, -0.25) is 4.79 Å². The van der Waals surface area contributed by atoms with Crippen LogP contribution in [0.15, 0.2) is 82.5 Å². The van der Waals surface area contributed by atoms with Gasteiger partial charge in [-0.25, -0.2) is 10.2 Å². The van der Waals surface area contributed by atoms with Crippen LogP contribution in [0.5, 0.6) is 5.75 Å². The van der Waals surface area contributed by atoms with Gasteiger partial charge in [-0.05, 0) is 60.2 Å². The van der Waals surface area contributed by atoms with E-state index in [0.29, 0.717) is 27.7 Å². The number of ether oxygens (including phenoxy) is 1. The topological polar surface area (TPSA) is 80.9 Å². The standard InChI is InChI=1S/C21H15ClN2O4/c22-19-6-2-1-5-18(19)21(26)24-23-14-15-7-9-17(10-8-15)28-20(25)12-11-16-4-3-13-27-16/h1-14H,(H,24,26). The number of halogens is 1.